The minimum absolute atomic E-state index is 0.268. The molecule has 0 aliphatic carbocycles. The Kier molecular flexibility index (Phi) is 3.54. The van der Waals surface area contributed by atoms with Crippen LogP contribution in [0.15, 0.2) is 13.8 Å². The smallest absolute Gasteiger partial charge is 0.360 e. The van der Waals surface area contributed by atoms with Crippen LogP contribution >= 0.6 is 31.9 Å². The average Bonchev–Trinajstić information content (AvgIpc) is 2.43. The molecule has 0 radical (unpaired) electrons. The van der Waals surface area contributed by atoms with Crippen molar-refractivity contribution in [3.63, 3.8) is 0 Å². The first-order valence-electron chi connectivity index (χ1n) is 3.67. The van der Waals surface area contributed by atoms with Gasteiger partial charge in [0, 0.05) is 14.1 Å². The van der Waals surface area contributed by atoms with Crippen molar-refractivity contribution in [2.45, 2.75) is 5.33 Å². The van der Waals surface area contributed by atoms with E-state index in [4.69, 9.17) is 4.52 Å². The zero-order valence-corrected chi connectivity index (χ0v) is 10.8. The van der Waals surface area contributed by atoms with E-state index in [2.05, 4.69) is 31.9 Å². The molecule has 5 nitrogen and oxygen atoms in total. The number of hydrogen-bond donors (Lipinski definition) is 0. The Bertz CT molecular complexity index is 408. The second-order valence-corrected chi connectivity index (χ2v) is 4.09. The topological polar surface area (TPSA) is 55.5 Å². The second-order valence-electron chi connectivity index (χ2n) is 2.74. The number of carbonyl (C=O) groups is 1. The first-order valence-corrected chi connectivity index (χ1v) is 5.58. The van der Waals surface area contributed by atoms with Crippen molar-refractivity contribution >= 4 is 37.9 Å². The summed E-state index contributed by atoms with van der Waals surface area (Å²) in [6.45, 7) is 0. The van der Waals surface area contributed by atoms with E-state index in [0.717, 1.165) is 0 Å². The van der Waals surface area contributed by atoms with E-state index in [1.807, 2.05) is 0 Å². The first-order chi connectivity index (χ1) is 6.49. The molecule has 0 aliphatic heterocycles. The van der Waals surface area contributed by atoms with Gasteiger partial charge in [-0.25, -0.2) is 4.79 Å². The van der Waals surface area contributed by atoms with E-state index in [1.165, 1.54) is 4.90 Å². The Hall–Kier alpha value is -0.560. The molecule has 0 saturated heterocycles. The van der Waals surface area contributed by atoms with Crippen LogP contribution in [0.2, 0.25) is 0 Å². The maximum atomic E-state index is 11.4. The summed E-state index contributed by atoms with van der Waals surface area (Å²) in [6, 6.07) is -0.511. The summed E-state index contributed by atoms with van der Waals surface area (Å²) in [5.74, 6) is 0.394. The van der Waals surface area contributed by atoms with Crippen LogP contribution in [0.1, 0.15) is 5.76 Å². The highest BCUT2D eigenvalue weighted by Crippen LogP contribution is 2.15. The van der Waals surface area contributed by atoms with Crippen LogP contribution in [-0.2, 0) is 5.33 Å². The summed E-state index contributed by atoms with van der Waals surface area (Å²) >= 11 is 6.19. The molecule has 14 heavy (non-hydrogen) atoms. The van der Waals surface area contributed by atoms with Crippen molar-refractivity contribution in [2.75, 3.05) is 14.1 Å². The summed E-state index contributed by atoms with van der Waals surface area (Å²) in [5.41, 5.74) is -0.488. The maximum Gasteiger partial charge on any atom is 0.360 e. The van der Waals surface area contributed by atoms with E-state index >= 15 is 0 Å². The van der Waals surface area contributed by atoms with Crippen molar-refractivity contribution < 1.29 is 9.32 Å². The van der Waals surface area contributed by atoms with Gasteiger partial charge in [-0.1, -0.05) is 20.7 Å². The van der Waals surface area contributed by atoms with E-state index in [0.29, 0.717) is 15.8 Å². The number of halogens is 2. The Balaban J connectivity index is 3.24. The molecule has 0 aromatic carbocycles. The van der Waals surface area contributed by atoms with Crippen LogP contribution in [-0.4, -0.2) is 29.8 Å². The van der Waals surface area contributed by atoms with Gasteiger partial charge >= 0.3 is 11.6 Å². The number of nitrogens with zero attached hydrogens (tertiary/aromatic N) is 2. The molecule has 1 rings (SSSR count). The molecule has 0 fully saturated rings. The van der Waals surface area contributed by atoms with Gasteiger partial charge in [-0.05, 0) is 15.9 Å². The van der Waals surface area contributed by atoms with Crippen molar-refractivity contribution in [3.05, 3.63) is 20.6 Å². The van der Waals surface area contributed by atoms with Crippen LogP contribution < -0.4 is 5.56 Å². The molecule has 0 N–H and O–H groups in total. The number of aromatic nitrogens is 1. The third-order valence-electron chi connectivity index (χ3n) is 1.50. The Morgan fingerprint density at radius 3 is 2.50 bits per heavy atom. The predicted molar refractivity (Wildman–Crippen MR) is 57.8 cm³/mol. The van der Waals surface area contributed by atoms with Crippen molar-refractivity contribution in [2.24, 2.45) is 0 Å². The quantitative estimate of drug-likeness (QED) is 0.737. The zero-order valence-electron chi connectivity index (χ0n) is 7.58. The number of alkyl halides is 1. The minimum atomic E-state index is -0.511. The Morgan fingerprint density at radius 1 is 1.57 bits per heavy atom. The predicted octanol–water partition coefficient (Wildman–Crippen LogP) is 1.63. The van der Waals surface area contributed by atoms with E-state index in [-0.39, 0.29) is 4.47 Å². The highest BCUT2D eigenvalue weighted by atomic mass is 79.9. The monoisotopic (exact) mass is 326 g/mol. The summed E-state index contributed by atoms with van der Waals surface area (Å²) in [6.07, 6.45) is 0. The van der Waals surface area contributed by atoms with Crippen molar-refractivity contribution in [3.8, 4) is 0 Å². The molecule has 0 unspecified atom stereocenters. The average molecular weight is 328 g/mol. The van der Waals surface area contributed by atoms with Gasteiger partial charge in [0.25, 0.3) is 0 Å². The van der Waals surface area contributed by atoms with Crippen LogP contribution in [0.3, 0.4) is 0 Å². The third kappa shape index (κ3) is 1.93. The first kappa shape index (κ1) is 11.5. The lowest BCUT2D eigenvalue weighted by Gasteiger charge is -2.07. The molecule has 0 spiro atoms. The highest BCUT2D eigenvalue weighted by Gasteiger charge is 2.19. The largest absolute Gasteiger partial charge is 0.369 e. The second kappa shape index (κ2) is 4.31. The normalized spacial score (nSPS) is 10.3. The van der Waals surface area contributed by atoms with Crippen molar-refractivity contribution in [1.82, 2.24) is 9.64 Å². The fourth-order valence-corrected chi connectivity index (χ4v) is 1.92. The lowest BCUT2D eigenvalue weighted by Crippen LogP contribution is -2.33. The van der Waals surface area contributed by atoms with E-state index < -0.39 is 11.6 Å². The zero-order chi connectivity index (χ0) is 10.9. The van der Waals surface area contributed by atoms with Gasteiger partial charge in [0.2, 0.25) is 0 Å². The third-order valence-corrected chi connectivity index (χ3v) is 2.79. The van der Waals surface area contributed by atoms with Gasteiger partial charge in [-0.2, -0.15) is 0 Å². The van der Waals surface area contributed by atoms with Gasteiger partial charge in [-0.3, -0.25) is 4.79 Å². The van der Waals surface area contributed by atoms with Gasteiger partial charge in [0.15, 0.2) is 5.76 Å². The molecule has 0 saturated carbocycles. The van der Waals surface area contributed by atoms with Crippen molar-refractivity contribution in [1.29, 1.82) is 0 Å². The maximum absolute atomic E-state index is 11.4. The molecular formula is C7H8Br2N2O3. The fourth-order valence-electron chi connectivity index (χ4n) is 0.791. The van der Waals surface area contributed by atoms with Gasteiger partial charge in [0.1, 0.15) is 4.47 Å². The molecule has 1 heterocycles. The summed E-state index contributed by atoms with van der Waals surface area (Å²) in [4.78, 5) is 24.1. The van der Waals surface area contributed by atoms with Crippen LogP contribution in [0.4, 0.5) is 4.79 Å². The molecule has 78 valence electrons. The molecule has 0 aliphatic rings. The molecule has 1 aromatic rings. The fraction of sp³-hybridized carbons (Fsp3) is 0.429. The Labute approximate surface area is 96.9 Å². The van der Waals surface area contributed by atoms with E-state index in [1.54, 1.807) is 14.1 Å². The summed E-state index contributed by atoms with van der Waals surface area (Å²) in [5, 5.41) is 0.372. The van der Waals surface area contributed by atoms with Gasteiger partial charge in [-0.15, -0.1) is 0 Å². The molecule has 1 amide bonds. The molecular weight excluding hydrogens is 320 g/mol. The van der Waals surface area contributed by atoms with Crippen LogP contribution in [0.25, 0.3) is 0 Å². The summed E-state index contributed by atoms with van der Waals surface area (Å²) in [7, 11) is 3.08. The SMILES string of the molecule is CN(C)C(=O)n1oc(CBr)c(Br)c1=O. The number of carbonyl (C=O) groups excluding carboxylic acids is 1. The number of rotatable bonds is 1. The number of hydrogen-bond acceptors (Lipinski definition) is 3. The van der Waals surface area contributed by atoms with E-state index in [9.17, 15) is 9.59 Å². The van der Waals surface area contributed by atoms with Gasteiger partial charge in [0.05, 0.1) is 5.33 Å². The molecule has 7 heteroatoms. The minimum Gasteiger partial charge on any atom is -0.369 e. The lowest BCUT2D eigenvalue weighted by atomic mass is 10.5. The number of amides is 1. The Morgan fingerprint density at radius 2 is 2.14 bits per heavy atom. The van der Waals surface area contributed by atoms with Gasteiger partial charge < -0.3 is 9.42 Å². The summed E-state index contributed by atoms with van der Waals surface area (Å²) < 4.78 is 6.01. The molecule has 0 atom stereocenters. The lowest BCUT2D eigenvalue weighted by molar-refractivity contribution is 0.182. The van der Waals surface area contributed by atoms with Crippen LogP contribution in [0, 0.1) is 0 Å². The standard InChI is InChI=1S/C7H8Br2N2O3/c1-10(2)7(13)11-6(12)5(9)4(3-8)14-11/h3H2,1-2H3. The van der Waals surface area contributed by atoms with Crippen LogP contribution in [0.5, 0.6) is 0 Å². The highest BCUT2D eigenvalue weighted by molar-refractivity contribution is 9.10. The molecule has 1 aromatic heterocycles. The molecule has 0 bridgehead atoms.